The third-order valence-corrected chi connectivity index (χ3v) is 5.20. The van der Waals surface area contributed by atoms with E-state index in [0.717, 1.165) is 11.3 Å². The quantitative estimate of drug-likeness (QED) is 0.864. The standard InChI is InChI=1S/C21H21FN4O3/c1-14-2-4-15(5-3-14)25-11-10-24(13-19(25)27)20(28)17-12-16(6-7-18(17)22)26-9-8-23-21(26)29/h2-7,12H,8-11,13H2,1H3,(H,23,29). The topological polar surface area (TPSA) is 73.0 Å². The normalized spacial score (nSPS) is 17.0. The van der Waals surface area contributed by atoms with Crippen molar-refractivity contribution in [1.82, 2.24) is 10.2 Å². The van der Waals surface area contributed by atoms with Crippen molar-refractivity contribution in [2.45, 2.75) is 6.92 Å². The molecule has 0 aromatic heterocycles. The van der Waals surface area contributed by atoms with Crippen molar-refractivity contribution in [1.29, 1.82) is 0 Å². The van der Waals surface area contributed by atoms with Crippen LogP contribution in [0.2, 0.25) is 0 Å². The molecule has 8 heteroatoms. The third-order valence-electron chi connectivity index (χ3n) is 5.20. The Morgan fingerprint density at radius 3 is 2.34 bits per heavy atom. The number of nitrogens with zero attached hydrogens (tertiary/aromatic N) is 3. The summed E-state index contributed by atoms with van der Waals surface area (Å²) in [7, 11) is 0. The van der Waals surface area contributed by atoms with Gasteiger partial charge in [0.2, 0.25) is 5.91 Å². The highest BCUT2D eigenvalue weighted by molar-refractivity contribution is 6.03. The molecule has 0 spiro atoms. The van der Waals surface area contributed by atoms with Crippen molar-refractivity contribution >= 4 is 29.2 Å². The molecule has 2 saturated heterocycles. The molecule has 0 aliphatic carbocycles. The summed E-state index contributed by atoms with van der Waals surface area (Å²) < 4.78 is 14.4. The van der Waals surface area contributed by atoms with Gasteiger partial charge in [-0.15, -0.1) is 0 Å². The van der Waals surface area contributed by atoms with E-state index in [0.29, 0.717) is 31.9 Å². The lowest BCUT2D eigenvalue weighted by Crippen LogP contribution is -2.52. The number of nitrogens with one attached hydrogen (secondary N) is 1. The minimum absolute atomic E-state index is 0.124. The van der Waals surface area contributed by atoms with Gasteiger partial charge in [-0.25, -0.2) is 9.18 Å². The number of hydrogen-bond donors (Lipinski definition) is 1. The molecule has 150 valence electrons. The van der Waals surface area contributed by atoms with Crippen LogP contribution in [0.3, 0.4) is 0 Å². The number of aryl methyl sites for hydroxylation is 1. The van der Waals surface area contributed by atoms with Gasteiger partial charge < -0.3 is 15.1 Å². The van der Waals surface area contributed by atoms with Crippen LogP contribution in [0.25, 0.3) is 0 Å². The SMILES string of the molecule is Cc1ccc(N2CCN(C(=O)c3cc(N4CCNC4=O)ccc3F)CC2=O)cc1. The van der Waals surface area contributed by atoms with Crippen LogP contribution < -0.4 is 15.1 Å². The Balaban J connectivity index is 1.51. The predicted octanol–water partition coefficient (Wildman–Crippen LogP) is 2.15. The van der Waals surface area contributed by atoms with Gasteiger partial charge in [-0.2, -0.15) is 0 Å². The van der Waals surface area contributed by atoms with Gasteiger partial charge in [0, 0.05) is 37.6 Å². The lowest BCUT2D eigenvalue weighted by atomic mass is 10.1. The molecule has 0 bridgehead atoms. The molecule has 2 aliphatic heterocycles. The Kier molecular flexibility index (Phi) is 4.92. The second-order valence-corrected chi connectivity index (χ2v) is 7.16. The molecule has 1 N–H and O–H groups in total. The number of amides is 4. The van der Waals surface area contributed by atoms with Crippen LogP contribution in [0.15, 0.2) is 42.5 Å². The zero-order valence-corrected chi connectivity index (χ0v) is 16.0. The van der Waals surface area contributed by atoms with E-state index < -0.39 is 11.7 Å². The Morgan fingerprint density at radius 1 is 0.966 bits per heavy atom. The average Bonchev–Trinajstić information content (AvgIpc) is 3.14. The van der Waals surface area contributed by atoms with Crippen molar-refractivity contribution in [3.8, 4) is 0 Å². The molecular formula is C21H21FN4O3. The Bertz CT molecular complexity index is 976. The molecule has 2 aliphatic rings. The fourth-order valence-corrected chi connectivity index (χ4v) is 3.58. The molecule has 0 unspecified atom stereocenters. The molecule has 2 fully saturated rings. The highest BCUT2D eigenvalue weighted by Crippen LogP contribution is 2.23. The monoisotopic (exact) mass is 396 g/mol. The van der Waals surface area contributed by atoms with Gasteiger partial charge in [-0.3, -0.25) is 14.5 Å². The molecule has 4 rings (SSSR count). The minimum atomic E-state index is -0.674. The minimum Gasteiger partial charge on any atom is -0.336 e. The van der Waals surface area contributed by atoms with Crippen LogP contribution in [0, 0.1) is 12.7 Å². The maximum absolute atomic E-state index is 14.4. The fourth-order valence-electron chi connectivity index (χ4n) is 3.58. The number of piperazine rings is 1. The van der Waals surface area contributed by atoms with Crippen molar-refractivity contribution in [2.75, 3.05) is 42.5 Å². The molecule has 7 nitrogen and oxygen atoms in total. The molecule has 0 radical (unpaired) electrons. The Hall–Kier alpha value is -3.42. The van der Waals surface area contributed by atoms with Crippen molar-refractivity contribution in [3.63, 3.8) is 0 Å². The summed E-state index contributed by atoms with van der Waals surface area (Å²) in [5.74, 6) is -1.45. The average molecular weight is 396 g/mol. The first kappa shape index (κ1) is 18.9. The Labute approximate surface area is 167 Å². The number of urea groups is 1. The lowest BCUT2D eigenvalue weighted by molar-refractivity contribution is -0.120. The number of carbonyl (C=O) groups is 3. The molecule has 2 aromatic rings. The van der Waals surface area contributed by atoms with Gasteiger partial charge in [-0.1, -0.05) is 17.7 Å². The summed E-state index contributed by atoms with van der Waals surface area (Å²) in [5, 5.41) is 2.67. The maximum Gasteiger partial charge on any atom is 0.321 e. The molecule has 2 heterocycles. The number of rotatable bonds is 3. The van der Waals surface area contributed by atoms with Crippen molar-refractivity contribution < 1.29 is 18.8 Å². The van der Waals surface area contributed by atoms with Crippen LogP contribution >= 0.6 is 0 Å². The first-order chi connectivity index (χ1) is 13.9. The number of benzene rings is 2. The van der Waals surface area contributed by atoms with Crippen LogP contribution in [0.4, 0.5) is 20.6 Å². The molecule has 2 aromatic carbocycles. The molecule has 4 amide bonds. The zero-order valence-electron chi connectivity index (χ0n) is 16.0. The van der Waals surface area contributed by atoms with Gasteiger partial charge in [0.25, 0.3) is 5.91 Å². The van der Waals surface area contributed by atoms with E-state index in [1.54, 1.807) is 4.90 Å². The van der Waals surface area contributed by atoms with Crippen LogP contribution in [0.1, 0.15) is 15.9 Å². The number of hydrogen-bond acceptors (Lipinski definition) is 3. The second-order valence-electron chi connectivity index (χ2n) is 7.16. The van der Waals surface area contributed by atoms with E-state index in [1.165, 1.54) is 28.0 Å². The van der Waals surface area contributed by atoms with E-state index in [2.05, 4.69) is 5.32 Å². The fraction of sp³-hybridized carbons (Fsp3) is 0.286. The second kappa shape index (κ2) is 7.54. The summed E-state index contributed by atoms with van der Waals surface area (Å²) >= 11 is 0. The van der Waals surface area contributed by atoms with E-state index in [-0.39, 0.29) is 24.0 Å². The number of carbonyl (C=O) groups excluding carboxylic acids is 3. The summed E-state index contributed by atoms with van der Waals surface area (Å²) in [6.45, 7) is 3.42. The third kappa shape index (κ3) is 3.65. The van der Waals surface area contributed by atoms with Crippen LogP contribution in [0.5, 0.6) is 0 Å². The summed E-state index contributed by atoms with van der Waals surface area (Å²) in [5.41, 5.74) is 2.19. The van der Waals surface area contributed by atoms with Gasteiger partial charge in [0.1, 0.15) is 12.4 Å². The number of anilines is 2. The number of halogens is 1. The molecule has 0 atom stereocenters. The van der Waals surface area contributed by atoms with E-state index in [9.17, 15) is 18.8 Å². The van der Waals surface area contributed by atoms with Crippen LogP contribution in [-0.4, -0.2) is 55.5 Å². The largest absolute Gasteiger partial charge is 0.336 e. The lowest BCUT2D eigenvalue weighted by Gasteiger charge is -2.34. The molecular weight excluding hydrogens is 375 g/mol. The maximum atomic E-state index is 14.4. The molecule has 0 saturated carbocycles. The van der Waals surface area contributed by atoms with E-state index in [4.69, 9.17) is 0 Å². The smallest absolute Gasteiger partial charge is 0.321 e. The zero-order chi connectivity index (χ0) is 20.5. The first-order valence-electron chi connectivity index (χ1n) is 9.45. The first-order valence-corrected chi connectivity index (χ1v) is 9.45. The van der Waals surface area contributed by atoms with Gasteiger partial charge >= 0.3 is 6.03 Å². The summed E-state index contributed by atoms with van der Waals surface area (Å²) in [6.07, 6.45) is 0. The van der Waals surface area contributed by atoms with E-state index in [1.807, 2.05) is 31.2 Å². The highest BCUT2D eigenvalue weighted by atomic mass is 19.1. The highest BCUT2D eigenvalue weighted by Gasteiger charge is 2.30. The van der Waals surface area contributed by atoms with E-state index >= 15 is 0 Å². The van der Waals surface area contributed by atoms with Gasteiger partial charge in [0.15, 0.2) is 0 Å². The van der Waals surface area contributed by atoms with Gasteiger partial charge in [0.05, 0.1) is 5.56 Å². The van der Waals surface area contributed by atoms with Crippen molar-refractivity contribution in [2.24, 2.45) is 0 Å². The summed E-state index contributed by atoms with van der Waals surface area (Å²) in [6, 6.07) is 11.3. The Morgan fingerprint density at radius 2 is 1.69 bits per heavy atom. The molecule has 29 heavy (non-hydrogen) atoms. The van der Waals surface area contributed by atoms with Crippen molar-refractivity contribution in [3.05, 3.63) is 59.4 Å². The predicted molar refractivity (Wildman–Crippen MR) is 107 cm³/mol. The van der Waals surface area contributed by atoms with Gasteiger partial charge in [-0.05, 0) is 37.3 Å². The van der Waals surface area contributed by atoms with Crippen LogP contribution in [-0.2, 0) is 4.79 Å². The summed E-state index contributed by atoms with van der Waals surface area (Å²) in [4.78, 5) is 41.8.